The van der Waals surface area contributed by atoms with Crippen LogP contribution in [0.3, 0.4) is 0 Å². The molecule has 1 fully saturated rings. The first-order chi connectivity index (χ1) is 13.9. The second-order valence-electron chi connectivity index (χ2n) is 6.21. The first kappa shape index (κ1) is 24.3. The van der Waals surface area contributed by atoms with Crippen molar-refractivity contribution >= 4 is 30.1 Å². The summed E-state index contributed by atoms with van der Waals surface area (Å²) in [7, 11) is 1.29. The van der Waals surface area contributed by atoms with E-state index in [1.54, 1.807) is 0 Å². The second-order valence-corrected chi connectivity index (χ2v) is 6.65. The van der Waals surface area contributed by atoms with E-state index in [1.807, 2.05) is 4.90 Å². The molecule has 0 N–H and O–H groups in total. The van der Waals surface area contributed by atoms with Crippen LogP contribution >= 0.6 is 24.0 Å². The lowest BCUT2D eigenvalue weighted by Crippen LogP contribution is -2.36. The zero-order valence-electron chi connectivity index (χ0n) is 15.9. The molecule has 10 heteroatoms. The van der Waals surface area contributed by atoms with Gasteiger partial charge in [-0.2, -0.15) is 8.78 Å². The lowest BCUT2D eigenvalue weighted by molar-refractivity contribution is 0.0435. The third kappa shape index (κ3) is 5.37. The fourth-order valence-corrected chi connectivity index (χ4v) is 2.97. The Labute approximate surface area is 182 Å². The van der Waals surface area contributed by atoms with Crippen molar-refractivity contribution in [2.75, 3.05) is 40.0 Å². The van der Waals surface area contributed by atoms with Crippen LogP contribution in [0.1, 0.15) is 5.56 Å². The van der Waals surface area contributed by atoms with Gasteiger partial charge < -0.3 is 14.2 Å². The number of ether oxygens (including phenoxy) is 3. The minimum Gasteiger partial charge on any atom is -0.493 e. The number of hydrogen-bond acceptors (Lipinski definition) is 4. The molecule has 0 spiro atoms. The van der Waals surface area contributed by atoms with Gasteiger partial charge in [-0.15, -0.1) is 12.4 Å². The minimum atomic E-state index is -1.65. The van der Waals surface area contributed by atoms with Crippen LogP contribution < -0.4 is 9.47 Å². The maximum absolute atomic E-state index is 14.5. The topological polar surface area (TPSA) is 30.9 Å². The number of morpholine rings is 1. The van der Waals surface area contributed by atoms with Crippen LogP contribution in [0.25, 0.3) is 6.08 Å². The van der Waals surface area contributed by atoms with Gasteiger partial charge >= 0.3 is 0 Å². The second kappa shape index (κ2) is 10.9. The number of halogens is 6. The number of methoxy groups -OCH3 is 1. The molecule has 30 heavy (non-hydrogen) atoms. The third-order valence-corrected chi connectivity index (χ3v) is 4.58. The maximum Gasteiger partial charge on any atom is 0.205 e. The molecule has 1 heterocycles. The SMILES string of the molecule is COc1cc(Cl)ccc1Oc1c(F)c(F)c(C=CCN2CCOCC2)c(F)c1F.Cl. The van der Waals surface area contributed by atoms with Gasteiger partial charge in [0, 0.05) is 30.7 Å². The van der Waals surface area contributed by atoms with Gasteiger partial charge in [0.1, 0.15) is 0 Å². The summed E-state index contributed by atoms with van der Waals surface area (Å²) in [6.45, 7) is 2.80. The molecular formula is C20H19Cl2F4NO3. The molecule has 0 atom stereocenters. The average molecular weight is 468 g/mol. The monoisotopic (exact) mass is 467 g/mol. The van der Waals surface area contributed by atoms with Crippen molar-refractivity contribution in [2.24, 2.45) is 0 Å². The highest BCUT2D eigenvalue weighted by atomic mass is 35.5. The van der Waals surface area contributed by atoms with Gasteiger partial charge in [0.2, 0.25) is 17.4 Å². The Morgan fingerprint density at radius 2 is 1.67 bits per heavy atom. The molecule has 0 aromatic heterocycles. The molecule has 3 rings (SSSR count). The fraction of sp³-hybridized carbons (Fsp3) is 0.300. The van der Waals surface area contributed by atoms with E-state index < -0.39 is 34.6 Å². The van der Waals surface area contributed by atoms with Crippen molar-refractivity contribution in [3.63, 3.8) is 0 Å². The number of rotatable bonds is 6. The van der Waals surface area contributed by atoms with Gasteiger partial charge in [-0.05, 0) is 12.1 Å². The summed E-state index contributed by atoms with van der Waals surface area (Å²) in [5.74, 6) is -7.70. The van der Waals surface area contributed by atoms with E-state index in [4.69, 9.17) is 25.8 Å². The third-order valence-electron chi connectivity index (χ3n) is 4.35. The van der Waals surface area contributed by atoms with Crippen LogP contribution in [0.15, 0.2) is 24.3 Å². The van der Waals surface area contributed by atoms with E-state index in [9.17, 15) is 17.6 Å². The minimum absolute atomic E-state index is 0. The molecule has 1 aliphatic heterocycles. The molecule has 4 nitrogen and oxygen atoms in total. The lowest BCUT2D eigenvalue weighted by atomic mass is 10.1. The van der Waals surface area contributed by atoms with Gasteiger partial charge in [-0.25, -0.2) is 8.78 Å². The van der Waals surface area contributed by atoms with Crippen molar-refractivity contribution in [3.8, 4) is 17.2 Å². The summed E-state index contributed by atoms with van der Waals surface area (Å²) < 4.78 is 73.0. The van der Waals surface area contributed by atoms with Crippen molar-refractivity contribution in [1.82, 2.24) is 4.90 Å². The van der Waals surface area contributed by atoms with Crippen LogP contribution in [-0.4, -0.2) is 44.9 Å². The highest BCUT2D eigenvalue weighted by molar-refractivity contribution is 6.30. The van der Waals surface area contributed by atoms with Gasteiger partial charge in [0.25, 0.3) is 0 Å². The van der Waals surface area contributed by atoms with Gasteiger partial charge in [-0.3, -0.25) is 4.90 Å². The highest BCUT2D eigenvalue weighted by Gasteiger charge is 2.26. The number of hydrogen-bond donors (Lipinski definition) is 0. The Morgan fingerprint density at radius 1 is 1.03 bits per heavy atom. The van der Waals surface area contributed by atoms with Crippen molar-refractivity contribution in [3.05, 3.63) is 58.1 Å². The largest absolute Gasteiger partial charge is 0.493 e. The number of nitrogens with zero attached hydrogens (tertiary/aromatic N) is 1. The van der Waals surface area contributed by atoms with E-state index in [2.05, 4.69) is 0 Å². The Kier molecular flexibility index (Phi) is 8.78. The molecule has 2 aromatic rings. The first-order valence-corrected chi connectivity index (χ1v) is 9.14. The van der Waals surface area contributed by atoms with E-state index in [-0.39, 0.29) is 28.9 Å². The summed E-state index contributed by atoms with van der Waals surface area (Å²) in [6.07, 6.45) is 2.45. The lowest BCUT2D eigenvalue weighted by Gasteiger charge is -2.25. The molecule has 0 radical (unpaired) electrons. The van der Waals surface area contributed by atoms with E-state index >= 15 is 0 Å². The molecular weight excluding hydrogens is 449 g/mol. The Bertz CT molecular complexity index is 892. The van der Waals surface area contributed by atoms with Gasteiger partial charge in [0.15, 0.2) is 23.1 Å². The average Bonchev–Trinajstić information content (AvgIpc) is 2.73. The van der Waals surface area contributed by atoms with Crippen LogP contribution in [0.2, 0.25) is 5.02 Å². The molecule has 2 aromatic carbocycles. The van der Waals surface area contributed by atoms with E-state index in [1.165, 1.54) is 31.4 Å². The maximum atomic E-state index is 14.5. The summed E-state index contributed by atoms with van der Waals surface area (Å²) in [5.41, 5.74) is -0.816. The Hall–Kier alpha value is -2.00. The Balaban J connectivity index is 0.00000320. The standard InChI is InChI=1S/C20H18ClF4NO3.ClH/c1-27-15-11-12(21)4-5-14(15)29-20-18(24)16(22)13(17(23)19(20)25)3-2-6-26-7-9-28-10-8-26;/h2-5,11H,6-10H2,1H3;1H. The zero-order chi connectivity index (χ0) is 21.0. The molecule has 0 bridgehead atoms. The molecule has 0 aliphatic carbocycles. The molecule has 164 valence electrons. The quantitative estimate of drug-likeness (QED) is 0.416. The predicted octanol–water partition coefficient (Wildman–Crippen LogP) is 5.46. The van der Waals surface area contributed by atoms with Crippen LogP contribution in [0, 0.1) is 23.3 Å². The molecule has 1 aliphatic rings. The normalized spacial score (nSPS) is 14.6. The summed E-state index contributed by atoms with van der Waals surface area (Å²) in [5, 5.41) is 0.285. The van der Waals surface area contributed by atoms with Crippen molar-refractivity contribution in [1.29, 1.82) is 0 Å². The number of benzene rings is 2. The zero-order valence-corrected chi connectivity index (χ0v) is 17.5. The fourth-order valence-electron chi connectivity index (χ4n) is 2.80. The summed E-state index contributed by atoms with van der Waals surface area (Å²) >= 11 is 5.82. The predicted molar refractivity (Wildman–Crippen MR) is 108 cm³/mol. The summed E-state index contributed by atoms with van der Waals surface area (Å²) in [6, 6.07) is 3.98. The highest BCUT2D eigenvalue weighted by Crippen LogP contribution is 2.38. The van der Waals surface area contributed by atoms with Crippen molar-refractivity contribution in [2.45, 2.75) is 0 Å². The molecule has 0 amide bonds. The van der Waals surface area contributed by atoms with Crippen LogP contribution in [0.5, 0.6) is 17.2 Å². The van der Waals surface area contributed by atoms with Gasteiger partial charge in [-0.1, -0.05) is 23.8 Å². The van der Waals surface area contributed by atoms with Crippen LogP contribution in [-0.2, 0) is 4.74 Å². The van der Waals surface area contributed by atoms with Gasteiger partial charge in [0.05, 0.1) is 25.9 Å². The smallest absolute Gasteiger partial charge is 0.205 e. The van der Waals surface area contributed by atoms with Crippen molar-refractivity contribution < 1.29 is 31.8 Å². The first-order valence-electron chi connectivity index (χ1n) is 8.76. The Morgan fingerprint density at radius 3 is 2.27 bits per heavy atom. The molecule has 1 saturated heterocycles. The summed E-state index contributed by atoms with van der Waals surface area (Å²) in [4.78, 5) is 1.98. The van der Waals surface area contributed by atoms with E-state index in [0.29, 0.717) is 32.8 Å². The molecule has 0 saturated carbocycles. The van der Waals surface area contributed by atoms with Crippen LogP contribution in [0.4, 0.5) is 17.6 Å². The van der Waals surface area contributed by atoms with E-state index in [0.717, 1.165) is 6.08 Å². The molecule has 0 unspecified atom stereocenters.